The predicted molar refractivity (Wildman–Crippen MR) is 113 cm³/mol. The Labute approximate surface area is 175 Å². The van der Waals surface area contributed by atoms with Crippen molar-refractivity contribution in [3.63, 3.8) is 0 Å². The van der Waals surface area contributed by atoms with E-state index in [1.165, 1.54) is 44.4 Å². The molecule has 6 nitrogen and oxygen atoms in total. The van der Waals surface area contributed by atoms with Crippen LogP contribution in [0.15, 0.2) is 41.3 Å². The lowest BCUT2D eigenvalue weighted by Gasteiger charge is -2.30. The summed E-state index contributed by atoms with van der Waals surface area (Å²) >= 11 is 6.04. The van der Waals surface area contributed by atoms with Gasteiger partial charge in [-0.1, -0.05) is 11.6 Å². The van der Waals surface area contributed by atoms with Crippen molar-refractivity contribution in [1.82, 2.24) is 4.31 Å². The van der Waals surface area contributed by atoms with Crippen LogP contribution >= 0.6 is 11.6 Å². The number of rotatable bonds is 5. The number of piperidine rings is 1. The first-order valence-electron chi connectivity index (χ1n) is 9.28. The summed E-state index contributed by atoms with van der Waals surface area (Å²) in [5.74, 6) is -1.01. The predicted octanol–water partition coefficient (Wildman–Crippen LogP) is 3.97. The van der Waals surface area contributed by atoms with Crippen LogP contribution in [0.25, 0.3) is 0 Å². The number of hydrogen-bond donors (Lipinski definition) is 1. The van der Waals surface area contributed by atoms with Crippen LogP contribution in [-0.4, -0.2) is 45.8 Å². The molecule has 1 heterocycles. The number of carbonyl (C=O) groups excluding carboxylic acids is 1. The standard InChI is InChI=1S/C20H23ClFN3O3S/c1-24(2)29(27,28)19-12-14(6-8-16(19)21)20(26)23-17-13-15(22)7-9-18(17)25-10-4-3-5-11-25/h6-9,12-13H,3-5,10-11H2,1-2H3,(H,23,26). The Kier molecular flexibility index (Phi) is 6.45. The normalized spacial score (nSPS) is 14.9. The monoisotopic (exact) mass is 439 g/mol. The van der Waals surface area contributed by atoms with Gasteiger partial charge in [-0.25, -0.2) is 17.1 Å². The van der Waals surface area contributed by atoms with Gasteiger partial charge in [-0.3, -0.25) is 4.79 Å². The van der Waals surface area contributed by atoms with Crippen molar-refractivity contribution in [2.45, 2.75) is 24.2 Å². The highest BCUT2D eigenvalue weighted by Gasteiger charge is 2.23. The van der Waals surface area contributed by atoms with Crippen LogP contribution in [0, 0.1) is 5.82 Å². The Morgan fingerprint density at radius 3 is 2.45 bits per heavy atom. The summed E-state index contributed by atoms with van der Waals surface area (Å²) in [5.41, 5.74) is 1.21. The molecule has 1 saturated heterocycles. The van der Waals surface area contributed by atoms with Crippen LogP contribution in [0.1, 0.15) is 29.6 Å². The SMILES string of the molecule is CN(C)S(=O)(=O)c1cc(C(=O)Nc2cc(F)ccc2N2CCCCC2)ccc1Cl. The fraction of sp³-hybridized carbons (Fsp3) is 0.350. The smallest absolute Gasteiger partial charge is 0.255 e. The van der Waals surface area contributed by atoms with Crippen molar-refractivity contribution in [3.05, 3.63) is 52.8 Å². The molecule has 0 atom stereocenters. The lowest BCUT2D eigenvalue weighted by Crippen LogP contribution is -2.30. The Balaban J connectivity index is 1.92. The van der Waals surface area contributed by atoms with Crippen molar-refractivity contribution in [1.29, 1.82) is 0 Å². The van der Waals surface area contributed by atoms with E-state index in [1.54, 1.807) is 6.07 Å². The van der Waals surface area contributed by atoms with Gasteiger partial charge in [0.15, 0.2) is 0 Å². The number of amides is 1. The number of carbonyl (C=O) groups is 1. The molecule has 1 fully saturated rings. The van der Waals surface area contributed by atoms with E-state index in [0.717, 1.165) is 42.3 Å². The maximum absolute atomic E-state index is 13.9. The first kappa shape index (κ1) is 21.5. The third-order valence-electron chi connectivity index (χ3n) is 4.86. The number of nitrogens with zero attached hydrogens (tertiary/aromatic N) is 2. The van der Waals surface area contributed by atoms with Crippen molar-refractivity contribution in [3.8, 4) is 0 Å². The molecule has 9 heteroatoms. The van der Waals surface area contributed by atoms with E-state index in [0.29, 0.717) is 5.69 Å². The maximum atomic E-state index is 13.9. The van der Waals surface area contributed by atoms with E-state index in [1.807, 2.05) is 0 Å². The van der Waals surface area contributed by atoms with Gasteiger partial charge < -0.3 is 10.2 Å². The summed E-state index contributed by atoms with van der Waals surface area (Å²) in [6.45, 7) is 1.67. The Bertz CT molecular complexity index is 1020. The highest BCUT2D eigenvalue weighted by atomic mass is 35.5. The van der Waals surface area contributed by atoms with Gasteiger partial charge in [0, 0.05) is 32.7 Å². The van der Waals surface area contributed by atoms with Crippen LogP contribution in [0.4, 0.5) is 15.8 Å². The van der Waals surface area contributed by atoms with Gasteiger partial charge in [0.2, 0.25) is 10.0 Å². The number of sulfonamides is 1. The van der Waals surface area contributed by atoms with Gasteiger partial charge in [0.1, 0.15) is 10.7 Å². The number of anilines is 2. The molecule has 0 saturated carbocycles. The first-order valence-corrected chi connectivity index (χ1v) is 11.1. The fourth-order valence-corrected chi connectivity index (χ4v) is 4.65. The lowest BCUT2D eigenvalue weighted by atomic mass is 10.1. The molecule has 1 N–H and O–H groups in total. The van der Waals surface area contributed by atoms with E-state index in [2.05, 4.69) is 10.2 Å². The minimum atomic E-state index is -3.82. The third-order valence-corrected chi connectivity index (χ3v) is 7.15. The van der Waals surface area contributed by atoms with Gasteiger partial charge in [0.25, 0.3) is 5.91 Å². The van der Waals surface area contributed by atoms with Crippen molar-refractivity contribution < 1.29 is 17.6 Å². The average molecular weight is 440 g/mol. The van der Waals surface area contributed by atoms with Crippen molar-refractivity contribution >= 4 is 38.9 Å². The number of benzene rings is 2. The zero-order valence-corrected chi connectivity index (χ0v) is 17.9. The minimum Gasteiger partial charge on any atom is -0.370 e. The molecule has 1 aliphatic heterocycles. The summed E-state index contributed by atoms with van der Waals surface area (Å²) < 4.78 is 39.8. The lowest BCUT2D eigenvalue weighted by molar-refractivity contribution is 0.102. The number of hydrogen-bond acceptors (Lipinski definition) is 4. The molecule has 3 rings (SSSR count). The molecule has 156 valence electrons. The molecule has 0 bridgehead atoms. The molecular formula is C20H23ClFN3O3S. The molecule has 1 amide bonds. The van der Waals surface area contributed by atoms with E-state index in [4.69, 9.17) is 11.6 Å². The Hall–Kier alpha value is -2.16. The quantitative estimate of drug-likeness (QED) is 0.765. The summed E-state index contributed by atoms with van der Waals surface area (Å²) in [7, 11) is -1.05. The molecule has 0 unspecified atom stereocenters. The van der Waals surface area contributed by atoms with Crippen LogP contribution in [0.5, 0.6) is 0 Å². The van der Waals surface area contributed by atoms with Gasteiger partial charge in [0.05, 0.1) is 16.4 Å². The maximum Gasteiger partial charge on any atom is 0.255 e. The topological polar surface area (TPSA) is 69.7 Å². The van der Waals surface area contributed by atoms with Crippen molar-refractivity contribution in [2.24, 2.45) is 0 Å². The van der Waals surface area contributed by atoms with E-state index >= 15 is 0 Å². The van der Waals surface area contributed by atoms with Gasteiger partial charge >= 0.3 is 0 Å². The van der Waals surface area contributed by atoms with Gasteiger partial charge in [-0.15, -0.1) is 0 Å². The first-order chi connectivity index (χ1) is 13.7. The Morgan fingerprint density at radius 1 is 1.10 bits per heavy atom. The third kappa shape index (κ3) is 4.71. The molecule has 0 aliphatic carbocycles. The molecule has 0 radical (unpaired) electrons. The zero-order valence-electron chi connectivity index (χ0n) is 16.3. The second kappa shape index (κ2) is 8.69. The summed E-state index contributed by atoms with van der Waals surface area (Å²) in [5, 5.41) is 2.74. The minimum absolute atomic E-state index is 0.0232. The summed E-state index contributed by atoms with van der Waals surface area (Å²) in [6, 6.07) is 8.32. The molecule has 1 aliphatic rings. The second-order valence-corrected chi connectivity index (χ2v) is 9.62. The van der Waals surface area contributed by atoms with Gasteiger partial charge in [-0.2, -0.15) is 0 Å². The molecule has 2 aromatic carbocycles. The average Bonchev–Trinajstić information content (AvgIpc) is 2.68. The summed E-state index contributed by atoms with van der Waals surface area (Å²) in [4.78, 5) is 14.8. The highest BCUT2D eigenvalue weighted by molar-refractivity contribution is 7.89. The molecule has 2 aromatic rings. The van der Waals surface area contributed by atoms with E-state index < -0.39 is 21.7 Å². The fourth-order valence-electron chi connectivity index (χ4n) is 3.25. The zero-order chi connectivity index (χ0) is 21.2. The van der Waals surface area contributed by atoms with Crippen LogP contribution < -0.4 is 10.2 Å². The van der Waals surface area contributed by atoms with Crippen molar-refractivity contribution in [2.75, 3.05) is 37.4 Å². The summed E-state index contributed by atoms with van der Waals surface area (Å²) in [6.07, 6.45) is 3.22. The largest absolute Gasteiger partial charge is 0.370 e. The second-order valence-electron chi connectivity index (χ2n) is 7.10. The number of nitrogens with one attached hydrogen (secondary N) is 1. The van der Waals surface area contributed by atoms with Crippen LogP contribution in [0.2, 0.25) is 5.02 Å². The molecular weight excluding hydrogens is 417 g/mol. The highest BCUT2D eigenvalue weighted by Crippen LogP contribution is 2.30. The Morgan fingerprint density at radius 2 is 1.79 bits per heavy atom. The number of halogens is 2. The van der Waals surface area contributed by atoms with Crippen LogP contribution in [0.3, 0.4) is 0 Å². The van der Waals surface area contributed by atoms with E-state index in [-0.39, 0.29) is 15.5 Å². The van der Waals surface area contributed by atoms with Crippen LogP contribution in [-0.2, 0) is 10.0 Å². The molecule has 0 aromatic heterocycles. The van der Waals surface area contributed by atoms with E-state index in [9.17, 15) is 17.6 Å². The van der Waals surface area contributed by atoms with Gasteiger partial charge in [-0.05, 0) is 55.7 Å². The molecule has 0 spiro atoms. The molecule has 29 heavy (non-hydrogen) atoms.